The molecule has 2 rings (SSSR count). The summed E-state index contributed by atoms with van der Waals surface area (Å²) < 4.78 is 2.04. The lowest BCUT2D eigenvalue weighted by Gasteiger charge is -2.06. The summed E-state index contributed by atoms with van der Waals surface area (Å²) in [4.78, 5) is 3.95. The largest absolute Gasteiger partial charge is 0.313 e. The molecule has 2 heterocycles. The summed E-state index contributed by atoms with van der Waals surface area (Å²) in [5.74, 6) is 0. The molecule has 0 saturated carbocycles. The number of aromatic nitrogens is 3. The zero-order valence-electron chi connectivity index (χ0n) is 11.9. The Labute approximate surface area is 119 Å². The van der Waals surface area contributed by atoms with Gasteiger partial charge >= 0.3 is 0 Å². The Hall–Kier alpha value is -2.19. The second kappa shape index (κ2) is 6.83. The smallest absolute Gasteiger partial charge is 0.140 e. The van der Waals surface area contributed by atoms with E-state index in [9.17, 15) is 0 Å². The second-order valence-corrected chi connectivity index (χ2v) is 4.84. The lowest BCUT2D eigenvalue weighted by atomic mass is 10.2. The van der Waals surface area contributed by atoms with E-state index in [1.165, 1.54) is 5.69 Å². The van der Waals surface area contributed by atoms with Crippen LogP contribution in [0.15, 0.2) is 24.4 Å². The highest BCUT2D eigenvalue weighted by Crippen LogP contribution is 2.03. The molecule has 5 nitrogen and oxygen atoms in total. The predicted octanol–water partition coefficient (Wildman–Crippen LogP) is 1.95. The molecule has 0 unspecified atom stereocenters. The quantitative estimate of drug-likeness (QED) is 0.814. The molecule has 0 atom stereocenters. The van der Waals surface area contributed by atoms with Crippen molar-refractivity contribution in [1.82, 2.24) is 20.1 Å². The average Bonchev–Trinajstić information content (AvgIpc) is 2.77. The van der Waals surface area contributed by atoms with Crippen LogP contribution in [0, 0.1) is 25.2 Å². The molecular weight excluding hydrogens is 250 g/mol. The standard InChI is InChI=1S/C15H19N5/c1-12-8-13(2)20(19-12)7-3-5-17-11-14-4-6-18-15(9-14)10-16/h4,6,8-9,17H,3,5,7,11H2,1-2H3. The molecule has 0 aromatic carbocycles. The number of hydrogen-bond donors (Lipinski definition) is 1. The Kier molecular flexibility index (Phi) is 4.85. The molecule has 0 aliphatic carbocycles. The molecule has 1 N–H and O–H groups in total. The van der Waals surface area contributed by atoms with Gasteiger partial charge in [-0.25, -0.2) is 4.98 Å². The molecule has 104 valence electrons. The Morgan fingerprint density at radius 3 is 2.90 bits per heavy atom. The van der Waals surface area contributed by atoms with Crippen LogP contribution in [-0.2, 0) is 13.1 Å². The summed E-state index contributed by atoms with van der Waals surface area (Å²) in [5, 5.41) is 16.6. The van der Waals surface area contributed by atoms with Crippen molar-refractivity contribution in [2.75, 3.05) is 6.54 Å². The van der Waals surface area contributed by atoms with Crippen LogP contribution in [0.2, 0.25) is 0 Å². The van der Waals surface area contributed by atoms with Crippen LogP contribution in [-0.4, -0.2) is 21.3 Å². The fraction of sp³-hybridized carbons (Fsp3) is 0.400. The second-order valence-electron chi connectivity index (χ2n) is 4.84. The third kappa shape index (κ3) is 3.90. The molecule has 0 amide bonds. The summed E-state index contributed by atoms with van der Waals surface area (Å²) in [7, 11) is 0. The predicted molar refractivity (Wildman–Crippen MR) is 77.0 cm³/mol. The van der Waals surface area contributed by atoms with Crippen LogP contribution in [0.1, 0.15) is 29.1 Å². The van der Waals surface area contributed by atoms with Crippen molar-refractivity contribution >= 4 is 0 Å². The van der Waals surface area contributed by atoms with E-state index in [0.29, 0.717) is 5.69 Å². The number of nitrogens with zero attached hydrogens (tertiary/aromatic N) is 4. The van der Waals surface area contributed by atoms with Crippen LogP contribution in [0.25, 0.3) is 0 Å². The average molecular weight is 269 g/mol. The normalized spacial score (nSPS) is 10.4. The Bertz CT molecular complexity index is 609. The molecule has 2 aromatic rings. The van der Waals surface area contributed by atoms with Crippen LogP contribution in [0.5, 0.6) is 0 Å². The van der Waals surface area contributed by atoms with Gasteiger partial charge in [0.15, 0.2) is 0 Å². The molecule has 5 heteroatoms. The highest BCUT2D eigenvalue weighted by Gasteiger charge is 2.00. The summed E-state index contributed by atoms with van der Waals surface area (Å²) in [6, 6.07) is 7.88. The van der Waals surface area contributed by atoms with Gasteiger partial charge in [0.05, 0.1) is 5.69 Å². The molecule has 0 aliphatic heterocycles. The maximum Gasteiger partial charge on any atom is 0.140 e. The Morgan fingerprint density at radius 2 is 2.20 bits per heavy atom. The van der Waals surface area contributed by atoms with Gasteiger partial charge in [0, 0.05) is 25.0 Å². The van der Waals surface area contributed by atoms with Gasteiger partial charge in [0.2, 0.25) is 0 Å². The minimum absolute atomic E-state index is 0.465. The zero-order chi connectivity index (χ0) is 14.4. The third-order valence-electron chi connectivity index (χ3n) is 3.09. The van der Waals surface area contributed by atoms with Crippen LogP contribution < -0.4 is 5.32 Å². The van der Waals surface area contributed by atoms with Gasteiger partial charge in [-0.2, -0.15) is 10.4 Å². The van der Waals surface area contributed by atoms with Crippen LogP contribution in [0.3, 0.4) is 0 Å². The first-order valence-corrected chi connectivity index (χ1v) is 6.76. The van der Waals surface area contributed by atoms with E-state index in [0.717, 1.165) is 37.3 Å². The fourth-order valence-electron chi connectivity index (χ4n) is 2.13. The van der Waals surface area contributed by atoms with Crippen LogP contribution >= 0.6 is 0 Å². The fourth-order valence-corrected chi connectivity index (χ4v) is 2.13. The van der Waals surface area contributed by atoms with Crippen molar-refractivity contribution in [3.8, 4) is 6.07 Å². The lowest BCUT2D eigenvalue weighted by molar-refractivity contribution is 0.532. The number of pyridine rings is 1. The van der Waals surface area contributed by atoms with Crippen molar-refractivity contribution in [2.45, 2.75) is 33.4 Å². The molecular formula is C15H19N5. The summed E-state index contributed by atoms with van der Waals surface area (Å²) >= 11 is 0. The van der Waals surface area contributed by atoms with Crippen molar-refractivity contribution < 1.29 is 0 Å². The van der Waals surface area contributed by atoms with Gasteiger partial charge in [-0.05, 0) is 50.6 Å². The molecule has 0 aliphatic rings. The van der Waals surface area contributed by atoms with E-state index >= 15 is 0 Å². The van der Waals surface area contributed by atoms with Crippen molar-refractivity contribution in [3.05, 3.63) is 47.0 Å². The molecule has 0 saturated heterocycles. The summed E-state index contributed by atoms with van der Waals surface area (Å²) in [5.41, 5.74) is 3.82. The summed E-state index contributed by atoms with van der Waals surface area (Å²) in [6.07, 6.45) is 2.70. The number of nitrogens with one attached hydrogen (secondary N) is 1. The van der Waals surface area contributed by atoms with E-state index in [4.69, 9.17) is 5.26 Å². The van der Waals surface area contributed by atoms with Gasteiger partial charge < -0.3 is 5.32 Å². The lowest BCUT2D eigenvalue weighted by Crippen LogP contribution is -2.17. The number of aryl methyl sites for hydroxylation is 3. The van der Waals surface area contributed by atoms with E-state index in [1.54, 1.807) is 6.20 Å². The summed E-state index contributed by atoms with van der Waals surface area (Å²) in [6.45, 7) is 6.69. The Balaban J connectivity index is 1.71. The highest BCUT2D eigenvalue weighted by atomic mass is 15.3. The minimum atomic E-state index is 0.465. The number of rotatable bonds is 6. The first-order chi connectivity index (χ1) is 9.69. The topological polar surface area (TPSA) is 66.5 Å². The molecule has 0 bridgehead atoms. The maximum atomic E-state index is 8.78. The Morgan fingerprint density at radius 1 is 1.35 bits per heavy atom. The molecule has 20 heavy (non-hydrogen) atoms. The maximum absolute atomic E-state index is 8.78. The zero-order valence-corrected chi connectivity index (χ0v) is 11.9. The van der Waals surface area contributed by atoms with E-state index in [1.807, 2.05) is 29.8 Å². The number of nitriles is 1. The monoisotopic (exact) mass is 269 g/mol. The molecule has 2 aromatic heterocycles. The van der Waals surface area contributed by atoms with Gasteiger partial charge in [0.1, 0.15) is 11.8 Å². The minimum Gasteiger partial charge on any atom is -0.313 e. The van der Waals surface area contributed by atoms with Gasteiger partial charge in [0.25, 0.3) is 0 Å². The van der Waals surface area contributed by atoms with Gasteiger partial charge in [-0.1, -0.05) is 0 Å². The first-order valence-electron chi connectivity index (χ1n) is 6.76. The molecule has 0 spiro atoms. The van der Waals surface area contributed by atoms with Crippen molar-refractivity contribution in [1.29, 1.82) is 5.26 Å². The van der Waals surface area contributed by atoms with E-state index in [-0.39, 0.29) is 0 Å². The third-order valence-corrected chi connectivity index (χ3v) is 3.09. The SMILES string of the molecule is Cc1cc(C)n(CCCNCc2ccnc(C#N)c2)n1. The molecule has 0 fully saturated rings. The van der Waals surface area contributed by atoms with Gasteiger partial charge in [-0.3, -0.25) is 4.68 Å². The number of hydrogen-bond acceptors (Lipinski definition) is 4. The highest BCUT2D eigenvalue weighted by molar-refractivity contribution is 5.25. The van der Waals surface area contributed by atoms with Crippen LogP contribution in [0.4, 0.5) is 0 Å². The first kappa shape index (κ1) is 14.2. The van der Waals surface area contributed by atoms with E-state index in [2.05, 4.69) is 28.4 Å². The van der Waals surface area contributed by atoms with Gasteiger partial charge in [-0.15, -0.1) is 0 Å². The van der Waals surface area contributed by atoms with E-state index < -0.39 is 0 Å². The van der Waals surface area contributed by atoms with Crippen molar-refractivity contribution in [3.63, 3.8) is 0 Å². The van der Waals surface area contributed by atoms with Crippen molar-refractivity contribution in [2.24, 2.45) is 0 Å². The molecule has 0 radical (unpaired) electrons.